The number of piperidine rings is 1. The Morgan fingerprint density at radius 2 is 2.06 bits per heavy atom. The zero-order chi connectivity index (χ0) is 12.3. The first-order valence-electron chi connectivity index (χ1n) is 5.75. The first-order valence-corrected chi connectivity index (χ1v) is 5.75. The number of likely N-dealkylation sites (tertiary alicyclic amines) is 1. The van der Waals surface area contributed by atoms with E-state index in [4.69, 9.17) is 5.26 Å². The molecule has 0 aromatic heterocycles. The molecule has 1 heterocycles. The van der Waals surface area contributed by atoms with Crippen molar-refractivity contribution in [1.29, 1.82) is 5.26 Å². The molecule has 0 radical (unpaired) electrons. The van der Waals surface area contributed by atoms with Crippen LogP contribution >= 0.6 is 0 Å². The summed E-state index contributed by atoms with van der Waals surface area (Å²) in [4.78, 5) is 1.94. The predicted octanol–water partition coefficient (Wildman–Crippen LogP) is 2.70. The highest BCUT2D eigenvalue weighted by Crippen LogP contribution is 2.20. The molecular weight excluding hydrogens is 222 g/mol. The SMILES string of the molecule is N#CC1CCCN(Cc2c(F)cccc2F)C1. The second-order valence-electron chi connectivity index (χ2n) is 4.40. The zero-order valence-electron chi connectivity index (χ0n) is 9.50. The van der Waals surface area contributed by atoms with Gasteiger partial charge in [-0.3, -0.25) is 4.90 Å². The van der Waals surface area contributed by atoms with E-state index in [0.29, 0.717) is 6.54 Å². The number of benzene rings is 1. The van der Waals surface area contributed by atoms with Gasteiger partial charge in [-0.25, -0.2) is 8.78 Å². The molecule has 0 bridgehead atoms. The third-order valence-corrected chi connectivity index (χ3v) is 3.13. The van der Waals surface area contributed by atoms with Gasteiger partial charge in [-0.1, -0.05) is 6.07 Å². The van der Waals surface area contributed by atoms with Gasteiger partial charge < -0.3 is 0 Å². The van der Waals surface area contributed by atoms with Crippen molar-refractivity contribution in [2.24, 2.45) is 5.92 Å². The molecule has 1 fully saturated rings. The summed E-state index contributed by atoms with van der Waals surface area (Å²) in [6.45, 7) is 1.65. The standard InChI is InChI=1S/C13H14F2N2/c14-12-4-1-5-13(15)11(12)9-17-6-2-3-10(7-16)8-17/h1,4-5,10H,2-3,6,8-9H2. The van der Waals surface area contributed by atoms with E-state index < -0.39 is 11.6 Å². The Bertz CT molecular complexity index is 419. The lowest BCUT2D eigenvalue weighted by Gasteiger charge is -2.29. The summed E-state index contributed by atoms with van der Waals surface area (Å²) in [6.07, 6.45) is 1.79. The molecule has 0 spiro atoms. The largest absolute Gasteiger partial charge is 0.298 e. The van der Waals surface area contributed by atoms with Crippen LogP contribution in [0.25, 0.3) is 0 Å². The monoisotopic (exact) mass is 236 g/mol. The molecule has 1 aromatic carbocycles. The molecule has 1 unspecified atom stereocenters. The van der Waals surface area contributed by atoms with Crippen LogP contribution in [0.2, 0.25) is 0 Å². The minimum absolute atomic E-state index is 0.0152. The van der Waals surface area contributed by atoms with E-state index in [0.717, 1.165) is 19.4 Å². The molecule has 1 aliphatic heterocycles. The summed E-state index contributed by atoms with van der Waals surface area (Å²) in [6, 6.07) is 6.12. The summed E-state index contributed by atoms with van der Waals surface area (Å²) in [7, 11) is 0. The van der Waals surface area contributed by atoms with E-state index >= 15 is 0 Å². The van der Waals surface area contributed by atoms with Crippen LogP contribution in [0.4, 0.5) is 8.78 Å². The maximum absolute atomic E-state index is 13.5. The van der Waals surface area contributed by atoms with Crippen LogP contribution < -0.4 is 0 Å². The molecule has 1 atom stereocenters. The molecule has 1 aromatic rings. The van der Waals surface area contributed by atoms with Crippen molar-refractivity contribution >= 4 is 0 Å². The van der Waals surface area contributed by atoms with Gasteiger partial charge in [0.25, 0.3) is 0 Å². The van der Waals surface area contributed by atoms with Crippen LogP contribution in [0.3, 0.4) is 0 Å². The minimum Gasteiger partial charge on any atom is -0.298 e. The molecule has 4 heteroatoms. The van der Waals surface area contributed by atoms with Crippen LogP contribution in [-0.2, 0) is 6.54 Å². The van der Waals surface area contributed by atoms with E-state index in [1.807, 2.05) is 4.90 Å². The molecule has 0 amide bonds. The molecule has 1 saturated heterocycles. The normalized spacial score (nSPS) is 21.1. The van der Waals surface area contributed by atoms with Crippen LogP contribution in [0.5, 0.6) is 0 Å². The number of nitrogens with zero attached hydrogens (tertiary/aromatic N) is 2. The number of rotatable bonds is 2. The Morgan fingerprint density at radius 1 is 1.35 bits per heavy atom. The van der Waals surface area contributed by atoms with E-state index in [1.165, 1.54) is 18.2 Å². The lowest BCUT2D eigenvalue weighted by atomic mass is 9.99. The molecule has 17 heavy (non-hydrogen) atoms. The summed E-state index contributed by atoms with van der Waals surface area (Å²) in [5, 5.41) is 8.86. The van der Waals surface area contributed by atoms with Crippen molar-refractivity contribution in [3.63, 3.8) is 0 Å². The Morgan fingerprint density at radius 3 is 2.71 bits per heavy atom. The maximum atomic E-state index is 13.5. The third kappa shape index (κ3) is 2.80. The second-order valence-corrected chi connectivity index (χ2v) is 4.40. The first-order chi connectivity index (χ1) is 8.20. The molecule has 2 rings (SSSR count). The van der Waals surface area contributed by atoms with Crippen molar-refractivity contribution in [3.05, 3.63) is 35.4 Å². The quantitative estimate of drug-likeness (QED) is 0.789. The van der Waals surface area contributed by atoms with Gasteiger partial charge in [0.2, 0.25) is 0 Å². The van der Waals surface area contributed by atoms with E-state index in [1.54, 1.807) is 0 Å². The van der Waals surface area contributed by atoms with Gasteiger partial charge >= 0.3 is 0 Å². The van der Waals surface area contributed by atoms with Crippen LogP contribution in [0, 0.1) is 28.9 Å². The van der Waals surface area contributed by atoms with Gasteiger partial charge in [-0.15, -0.1) is 0 Å². The highest BCUT2D eigenvalue weighted by molar-refractivity contribution is 5.19. The number of hydrogen-bond acceptors (Lipinski definition) is 2. The lowest BCUT2D eigenvalue weighted by molar-refractivity contribution is 0.187. The molecule has 90 valence electrons. The summed E-state index contributed by atoms with van der Waals surface area (Å²) in [5.41, 5.74) is 0.103. The smallest absolute Gasteiger partial charge is 0.130 e. The molecule has 0 saturated carbocycles. The van der Waals surface area contributed by atoms with Crippen molar-refractivity contribution < 1.29 is 8.78 Å². The van der Waals surface area contributed by atoms with Crippen LogP contribution in [0.1, 0.15) is 18.4 Å². The van der Waals surface area contributed by atoms with Gasteiger partial charge in [-0.05, 0) is 31.5 Å². The molecule has 0 N–H and O–H groups in total. The Kier molecular flexibility index (Phi) is 3.70. The third-order valence-electron chi connectivity index (χ3n) is 3.13. The minimum atomic E-state index is -0.510. The van der Waals surface area contributed by atoms with E-state index in [2.05, 4.69) is 6.07 Å². The molecule has 2 nitrogen and oxygen atoms in total. The first kappa shape index (κ1) is 12.0. The number of halogens is 2. The molecular formula is C13H14F2N2. The van der Waals surface area contributed by atoms with Gasteiger partial charge in [0.05, 0.1) is 12.0 Å². The maximum Gasteiger partial charge on any atom is 0.130 e. The predicted molar refractivity (Wildman–Crippen MR) is 60.0 cm³/mol. The number of nitriles is 1. The average molecular weight is 236 g/mol. The molecule has 0 aliphatic carbocycles. The fourth-order valence-electron chi connectivity index (χ4n) is 2.21. The van der Waals surface area contributed by atoms with Crippen molar-refractivity contribution in [1.82, 2.24) is 4.90 Å². The molecule has 1 aliphatic rings. The number of hydrogen-bond donors (Lipinski definition) is 0. The fourth-order valence-corrected chi connectivity index (χ4v) is 2.21. The van der Waals surface area contributed by atoms with Gasteiger partial charge in [0.15, 0.2) is 0 Å². The highest BCUT2D eigenvalue weighted by Gasteiger charge is 2.21. The van der Waals surface area contributed by atoms with Gasteiger partial charge in [0.1, 0.15) is 11.6 Å². The van der Waals surface area contributed by atoms with Crippen molar-refractivity contribution in [3.8, 4) is 6.07 Å². The fraction of sp³-hybridized carbons (Fsp3) is 0.462. The van der Waals surface area contributed by atoms with Crippen molar-refractivity contribution in [2.75, 3.05) is 13.1 Å². The van der Waals surface area contributed by atoms with Crippen LogP contribution in [-0.4, -0.2) is 18.0 Å². The van der Waals surface area contributed by atoms with E-state index in [9.17, 15) is 8.78 Å². The topological polar surface area (TPSA) is 27.0 Å². The highest BCUT2D eigenvalue weighted by atomic mass is 19.1. The van der Waals surface area contributed by atoms with Gasteiger partial charge in [0, 0.05) is 18.7 Å². The van der Waals surface area contributed by atoms with E-state index in [-0.39, 0.29) is 18.0 Å². The Balaban J connectivity index is 2.08. The summed E-state index contributed by atoms with van der Waals surface area (Å²) >= 11 is 0. The summed E-state index contributed by atoms with van der Waals surface area (Å²) < 4.78 is 26.9. The lowest BCUT2D eigenvalue weighted by Crippen LogP contribution is -2.34. The summed E-state index contributed by atoms with van der Waals surface area (Å²) in [5.74, 6) is -1.04. The zero-order valence-corrected chi connectivity index (χ0v) is 9.50. The average Bonchev–Trinajstić information content (AvgIpc) is 2.34. The van der Waals surface area contributed by atoms with Crippen molar-refractivity contribution in [2.45, 2.75) is 19.4 Å². The second kappa shape index (κ2) is 5.24. The van der Waals surface area contributed by atoms with Gasteiger partial charge in [-0.2, -0.15) is 5.26 Å². The Hall–Kier alpha value is -1.47. The van der Waals surface area contributed by atoms with Crippen LogP contribution in [0.15, 0.2) is 18.2 Å². The Labute approximate surface area is 99.5 Å².